The molecule has 0 aliphatic carbocycles. The van der Waals surface area contributed by atoms with Crippen molar-refractivity contribution in [3.63, 3.8) is 0 Å². The quantitative estimate of drug-likeness (QED) is 0.876. The number of carboxylic acid groups (broad SMARTS) is 1. The van der Waals surface area contributed by atoms with E-state index in [-0.39, 0.29) is 29.7 Å². The summed E-state index contributed by atoms with van der Waals surface area (Å²) in [6.45, 7) is 2.04. The number of hydrogen-bond acceptors (Lipinski definition) is 4. The minimum absolute atomic E-state index is 0.107. The number of pyridine rings is 1. The van der Waals surface area contributed by atoms with Gasteiger partial charge in [0.2, 0.25) is 5.43 Å². The fourth-order valence-electron chi connectivity index (χ4n) is 3.48. The van der Waals surface area contributed by atoms with Gasteiger partial charge in [0.15, 0.2) is 5.82 Å². The van der Waals surface area contributed by atoms with Gasteiger partial charge in [-0.25, -0.2) is 18.0 Å². The lowest BCUT2D eigenvalue weighted by Crippen LogP contribution is -2.53. The van der Waals surface area contributed by atoms with Gasteiger partial charge in [-0.15, -0.1) is 0 Å². The maximum absolute atomic E-state index is 15.3. The van der Waals surface area contributed by atoms with Crippen LogP contribution in [0.3, 0.4) is 0 Å². The van der Waals surface area contributed by atoms with Crippen LogP contribution in [0.25, 0.3) is 10.9 Å². The van der Waals surface area contributed by atoms with Crippen LogP contribution in [0.4, 0.5) is 18.9 Å². The standard InChI is InChI=1S/C18H20F3N3O3/c1-3-23-9-12(18(26)27)17(25)11-6-13(20)16(14(21)15(11)23)24-5-4-22(2)10(7-19)8-24/h6,9-10H,3-5,7-8H2,1-2H3,(H,26,27). The van der Waals surface area contributed by atoms with Gasteiger partial charge in [-0.3, -0.25) is 9.69 Å². The van der Waals surface area contributed by atoms with Gasteiger partial charge in [0, 0.05) is 32.4 Å². The Morgan fingerprint density at radius 2 is 2.04 bits per heavy atom. The number of rotatable bonds is 4. The summed E-state index contributed by atoms with van der Waals surface area (Å²) >= 11 is 0. The van der Waals surface area contributed by atoms with Gasteiger partial charge in [0.1, 0.15) is 23.7 Å². The molecule has 1 aromatic carbocycles. The van der Waals surface area contributed by atoms with Crippen molar-refractivity contribution in [2.24, 2.45) is 0 Å². The summed E-state index contributed by atoms with van der Waals surface area (Å²) in [7, 11) is 1.75. The molecule has 1 saturated heterocycles. The Morgan fingerprint density at radius 3 is 2.63 bits per heavy atom. The van der Waals surface area contributed by atoms with Crippen molar-refractivity contribution in [1.82, 2.24) is 9.47 Å². The van der Waals surface area contributed by atoms with E-state index < -0.39 is 41.3 Å². The van der Waals surface area contributed by atoms with Crippen molar-refractivity contribution in [2.75, 3.05) is 38.3 Å². The van der Waals surface area contributed by atoms with E-state index >= 15 is 4.39 Å². The fraction of sp³-hybridized carbons (Fsp3) is 0.444. The van der Waals surface area contributed by atoms with Crippen molar-refractivity contribution in [3.8, 4) is 0 Å². The normalized spacial score (nSPS) is 18.3. The zero-order valence-electron chi connectivity index (χ0n) is 15.0. The molecule has 1 N–H and O–H groups in total. The van der Waals surface area contributed by atoms with Crippen LogP contribution < -0.4 is 10.3 Å². The highest BCUT2D eigenvalue weighted by Crippen LogP contribution is 2.31. The first-order chi connectivity index (χ1) is 12.8. The van der Waals surface area contributed by atoms with Crippen molar-refractivity contribution in [3.05, 3.63) is 39.7 Å². The Hall–Kier alpha value is -2.55. The highest BCUT2D eigenvalue weighted by molar-refractivity contribution is 5.93. The third-order valence-corrected chi connectivity index (χ3v) is 5.07. The van der Waals surface area contributed by atoms with E-state index in [1.165, 1.54) is 9.47 Å². The van der Waals surface area contributed by atoms with Crippen molar-refractivity contribution in [2.45, 2.75) is 19.5 Å². The second kappa shape index (κ2) is 7.22. The third-order valence-electron chi connectivity index (χ3n) is 5.07. The van der Waals surface area contributed by atoms with E-state index in [1.807, 2.05) is 0 Å². The number of alkyl halides is 1. The largest absolute Gasteiger partial charge is 0.477 e. The van der Waals surface area contributed by atoms with E-state index in [0.717, 1.165) is 12.3 Å². The summed E-state index contributed by atoms with van der Waals surface area (Å²) < 4.78 is 44.5. The van der Waals surface area contributed by atoms with Crippen LogP contribution in [0.15, 0.2) is 17.1 Å². The molecule has 0 radical (unpaired) electrons. The molecule has 6 nitrogen and oxygen atoms in total. The number of carboxylic acids is 1. The number of hydrogen-bond donors (Lipinski definition) is 1. The van der Waals surface area contributed by atoms with E-state index in [9.17, 15) is 23.5 Å². The minimum Gasteiger partial charge on any atom is -0.477 e. The molecule has 1 aliphatic rings. The summed E-state index contributed by atoms with van der Waals surface area (Å²) in [6.07, 6.45) is 1.06. The van der Waals surface area contributed by atoms with Gasteiger partial charge in [-0.1, -0.05) is 0 Å². The molecule has 0 amide bonds. The minimum atomic E-state index is -1.46. The average Bonchev–Trinajstić information content (AvgIpc) is 2.63. The number of aryl methyl sites for hydroxylation is 1. The number of halogens is 3. The lowest BCUT2D eigenvalue weighted by atomic mass is 10.1. The van der Waals surface area contributed by atoms with Crippen LogP contribution in [0, 0.1) is 11.6 Å². The molecule has 2 aromatic rings. The monoisotopic (exact) mass is 383 g/mol. The molecule has 1 unspecified atom stereocenters. The number of carbonyl (C=O) groups is 1. The number of nitrogens with zero attached hydrogens (tertiary/aromatic N) is 3. The molecule has 1 atom stereocenters. The van der Waals surface area contributed by atoms with E-state index in [4.69, 9.17) is 0 Å². The van der Waals surface area contributed by atoms with Crippen molar-refractivity contribution < 1.29 is 23.1 Å². The number of benzene rings is 1. The SMILES string of the molecule is CCn1cc(C(=O)O)c(=O)c2cc(F)c(N3CCN(C)C(CF)C3)c(F)c21. The van der Waals surface area contributed by atoms with Crippen molar-refractivity contribution in [1.29, 1.82) is 0 Å². The fourth-order valence-corrected chi connectivity index (χ4v) is 3.48. The highest BCUT2D eigenvalue weighted by atomic mass is 19.1. The molecule has 2 heterocycles. The van der Waals surface area contributed by atoms with Crippen LogP contribution in [0.1, 0.15) is 17.3 Å². The second-order valence-electron chi connectivity index (χ2n) is 6.61. The van der Waals surface area contributed by atoms with E-state index in [0.29, 0.717) is 13.1 Å². The molecule has 0 bridgehead atoms. The van der Waals surface area contributed by atoms with Crippen molar-refractivity contribution >= 4 is 22.6 Å². The summed E-state index contributed by atoms with van der Waals surface area (Å²) in [6, 6.07) is 0.383. The molecule has 1 fully saturated rings. The number of fused-ring (bicyclic) bond motifs is 1. The zero-order chi connectivity index (χ0) is 19.9. The number of aromatic nitrogens is 1. The van der Waals surface area contributed by atoms with Gasteiger partial charge >= 0.3 is 5.97 Å². The number of anilines is 1. The highest BCUT2D eigenvalue weighted by Gasteiger charge is 2.30. The van der Waals surface area contributed by atoms with Gasteiger partial charge in [0.05, 0.1) is 16.9 Å². The van der Waals surface area contributed by atoms with Crippen LogP contribution in [-0.2, 0) is 6.54 Å². The Labute approximate surface area is 153 Å². The number of aromatic carboxylic acids is 1. The first kappa shape index (κ1) is 19.2. The molecule has 3 rings (SSSR count). The molecule has 1 aromatic heterocycles. The van der Waals surface area contributed by atoms with E-state index in [1.54, 1.807) is 18.9 Å². The molecular formula is C18H20F3N3O3. The van der Waals surface area contributed by atoms with Crippen LogP contribution in [-0.4, -0.2) is 59.9 Å². The molecule has 146 valence electrons. The molecule has 9 heteroatoms. The van der Waals surface area contributed by atoms with Crippen LogP contribution in [0.5, 0.6) is 0 Å². The molecule has 0 saturated carbocycles. The predicted octanol–water partition coefficient (Wildman–Crippen LogP) is 2.09. The molecule has 1 aliphatic heterocycles. The lowest BCUT2D eigenvalue weighted by Gasteiger charge is -2.39. The molecule has 27 heavy (non-hydrogen) atoms. The maximum Gasteiger partial charge on any atom is 0.341 e. The first-order valence-electron chi connectivity index (χ1n) is 8.59. The van der Waals surface area contributed by atoms with Gasteiger partial charge in [-0.2, -0.15) is 0 Å². The number of likely N-dealkylation sites (N-methyl/N-ethyl adjacent to an activating group) is 1. The Balaban J connectivity index is 2.24. The summed E-state index contributed by atoms with van der Waals surface area (Å²) in [4.78, 5) is 26.9. The van der Waals surface area contributed by atoms with Gasteiger partial charge in [-0.05, 0) is 20.0 Å². The van der Waals surface area contributed by atoms with Gasteiger partial charge < -0.3 is 14.6 Å². The van der Waals surface area contributed by atoms with Crippen LogP contribution in [0.2, 0.25) is 0 Å². The number of piperazine rings is 1. The van der Waals surface area contributed by atoms with Crippen LogP contribution >= 0.6 is 0 Å². The molecule has 0 spiro atoms. The van der Waals surface area contributed by atoms with Gasteiger partial charge in [0.25, 0.3) is 0 Å². The third kappa shape index (κ3) is 3.16. The smallest absolute Gasteiger partial charge is 0.341 e. The average molecular weight is 383 g/mol. The summed E-state index contributed by atoms with van der Waals surface area (Å²) in [5.41, 5.74) is -1.96. The Kier molecular flexibility index (Phi) is 5.14. The van der Waals surface area contributed by atoms with E-state index in [2.05, 4.69) is 0 Å². The first-order valence-corrected chi connectivity index (χ1v) is 8.59. The Bertz CT molecular complexity index is 960. The summed E-state index contributed by atoms with van der Waals surface area (Å²) in [5, 5.41) is 8.85. The predicted molar refractivity (Wildman–Crippen MR) is 95.4 cm³/mol. The lowest BCUT2D eigenvalue weighted by molar-refractivity contribution is 0.0695. The second-order valence-corrected chi connectivity index (χ2v) is 6.61. The zero-order valence-corrected chi connectivity index (χ0v) is 15.0. The maximum atomic E-state index is 15.3. The summed E-state index contributed by atoms with van der Waals surface area (Å²) in [5.74, 6) is -3.37. The Morgan fingerprint density at radius 1 is 1.33 bits per heavy atom. The molecular weight excluding hydrogens is 363 g/mol. The topological polar surface area (TPSA) is 65.8 Å².